The lowest BCUT2D eigenvalue weighted by Crippen LogP contribution is -2.05. The van der Waals surface area contributed by atoms with Crippen LogP contribution in [0.1, 0.15) is 11.3 Å². The molecule has 4 aromatic rings. The molecule has 2 aromatic heterocycles. The van der Waals surface area contributed by atoms with E-state index in [1.165, 1.54) is 0 Å². The van der Waals surface area contributed by atoms with E-state index in [0.717, 1.165) is 22.7 Å². The normalized spacial score (nSPS) is 10.2. The molecule has 0 fully saturated rings. The van der Waals surface area contributed by atoms with Crippen molar-refractivity contribution in [3.05, 3.63) is 90.4 Å². The first-order valence-electron chi connectivity index (χ1n) is 8.78. The number of rotatable bonds is 6. The van der Waals surface area contributed by atoms with E-state index in [2.05, 4.69) is 26.7 Å². The molecule has 4 rings (SSSR count). The molecular formula is C22H17N5O. The Morgan fingerprint density at radius 3 is 2.46 bits per heavy atom. The fourth-order valence-corrected chi connectivity index (χ4v) is 2.70. The van der Waals surface area contributed by atoms with Crippen molar-refractivity contribution < 1.29 is 4.42 Å². The zero-order valence-electron chi connectivity index (χ0n) is 15.0. The zero-order valence-corrected chi connectivity index (χ0v) is 15.0. The Balaban J connectivity index is 1.63. The predicted octanol–water partition coefficient (Wildman–Crippen LogP) is 4.96. The first-order valence-corrected chi connectivity index (χ1v) is 8.78. The van der Waals surface area contributed by atoms with E-state index in [0.29, 0.717) is 23.9 Å². The first-order chi connectivity index (χ1) is 13.8. The number of benzene rings is 2. The van der Waals surface area contributed by atoms with Crippen LogP contribution < -0.4 is 10.6 Å². The smallest absolute Gasteiger partial charge is 0.229 e. The summed E-state index contributed by atoms with van der Waals surface area (Å²) >= 11 is 0. The summed E-state index contributed by atoms with van der Waals surface area (Å²) in [5.41, 5.74) is 3.20. The second-order valence-corrected chi connectivity index (χ2v) is 6.08. The minimum atomic E-state index is 0.466. The summed E-state index contributed by atoms with van der Waals surface area (Å²) in [6, 6.07) is 24.8. The van der Waals surface area contributed by atoms with Gasteiger partial charge in [-0.25, -0.2) is 4.98 Å². The minimum Gasteiger partial charge on any atom is -0.467 e. The molecule has 0 aliphatic carbocycles. The number of hydrogen-bond acceptors (Lipinski definition) is 6. The fraction of sp³-hybridized carbons (Fsp3) is 0.0455. The average molecular weight is 367 g/mol. The van der Waals surface area contributed by atoms with Crippen molar-refractivity contribution in [2.75, 3.05) is 10.6 Å². The second-order valence-electron chi connectivity index (χ2n) is 6.08. The van der Waals surface area contributed by atoms with Gasteiger partial charge in [0.1, 0.15) is 11.6 Å². The summed E-state index contributed by atoms with van der Waals surface area (Å²) in [7, 11) is 0. The molecule has 0 spiro atoms. The second kappa shape index (κ2) is 8.06. The molecule has 136 valence electrons. The molecule has 28 heavy (non-hydrogen) atoms. The molecule has 2 N–H and O–H groups in total. The Morgan fingerprint density at radius 1 is 0.929 bits per heavy atom. The van der Waals surface area contributed by atoms with Crippen molar-refractivity contribution in [1.82, 2.24) is 9.97 Å². The molecular weight excluding hydrogens is 350 g/mol. The van der Waals surface area contributed by atoms with Gasteiger partial charge in [-0.15, -0.1) is 0 Å². The number of hydrogen-bond donors (Lipinski definition) is 2. The van der Waals surface area contributed by atoms with E-state index in [1.807, 2.05) is 60.7 Å². The van der Waals surface area contributed by atoms with Crippen LogP contribution in [0.2, 0.25) is 0 Å². The van der Waals surface area contributed by atoms with E-state index in [-0.39, 0.29) is 0 Å². The Kier molecular flexibility index (Phi) is 4.98. The molecule has 0 unspecified atom stereocenters. The van der Waals surface area contributed by atoms with Gasteiger partial charge in [0.15, 0.2) is 0 Å². The van der Waals surface area contributed by atoms with Gasteiger partial charge < -0.3 is 15.1 Å². The Labute approximate surface area is 162 Å². The molecule has 6 nitrogen and oxygen atoms in total. The molecule has 2 heterocycles. The van der Waals surface area contributed by atoms with Gasteiger partial charge in [0.25, 0.3) is 0 Å². The van der Waals surface area contributed by atoms with E-state index in [1.54, 1.807) is 18.4 Å². The highest BCUT2D eigenvalue weighted by Gasteiger charge is 2.08. The van der Waals surface area contributed by atoms with E-state index in [4.69, 9.17) is 9.68 Å². The SMILES string of the molecule is N#Cc1ccc(Nc2nc(NCc3ccco3)cc(-c3ccccc3)n2)cc1. The largest absolute Gasteiger partial charge is 0.467 e. The van der Waals surface area contributed by atoms with Gasteiger partial charge in [0.05, 0.1) is 30.1 Å². The highest BCUT2D eigenvalue weighted by molar-refractivity contribution is 5.66. The molecule has 0 radical (unpaired) electrons. The van der Waals surface area contributed by atoms with Crippen molar-refractivity contribution >= 4 is 17.5 Å². The van der Waals surface area contributed by atoms with Gasteiger partial charge in [-0.05, 0) is 36.4 Å². The summed E-state index contributed by atoms with van der Waals surface area (Å²) < 4.78 is 5.37. The van der Waals surface area contributed by atoms with Gasteiger partial charge in [0, 0.05) is 17.3 Å². The summed E-state index contributed by atoms with van der Waals surface area (Å²) in [5, 5.41) is 15.4. The van der Waals surface area contributed by atoms with E-state index in [9.17, 15) is 0 Å². The van der Waals surface area contributed by atoms with E-state index < -0.39 is 0 Å². The van der Waals surface area contributed by atoms with Crippen LogP contribution in [0.15, 0.2) is 83.5 Å². The molecule has 0 saturated carbocycles. The van der Waals surface area contributed by atoms with Gasteiger partial charge >= 0.3 is 0 Å². The molecule has 0 saturated heterocycles. The molecule has 0 aliphatic heterocycles. The predicted molar refractivity (Wildman–Crippen MR) is 108 cm³/mol. The van der Waals surface area contributed by atoms with Gasteiger partial charge in [-0.3, -0.25) is 0 Å². The van der Waals surface area contributed by atoms with Crippen molar-refractivity contribution in [1.29, 1.82) is 5.26 Å². The fourth-order valence-electron chi connectivity index (χ4n) is 2.70. The highest BCUT2D eigenvalue weighted by atomic mass is 16.3. The maximum Gasteiger partial charge on any atom is 0.229 e. The third-order valence-corrected chi connectivity index (χ3v) is 4.09. The Morgan fingerprint density at radius 2 is 1.75 bits per heavy atom. The molecule has 2 aromatic carbocycles. The van der Waals surface area contributed by atoms with Crippen LogP contribution in [0.5, 0.6) is 0 Å². The third-order valence-electron chi connectivity index (χ3n) is 4.09. The van der Waals surface area contributed by atoms with Crippen LogP contribution in [0.4, 0.5) is 17.5 Å². The first kappa shape index (κ1) is 17.3. The number of furan rings is 1. The van der Waals surface area contributed by atoms with Crippen molar-refractivity contribution in [3.63, 3.8) is 0 Å². The van der Waals surface area contributed by atoms with Crippen molar-refractivity contribution in [2.45, 2.75) is 6.54 Å². The van der Waals surface area contributed by atoms with Crippen molar-refractivity contribution in [2.24, 2.45) is 0 Å². The number of anilines is 3. The number of nitrogens with zero attached hydrogens (tertiary/aromatic N) is 3. The quantitative estimate of drug-likeness (QED) is 0.501. The number of nitriles is 1. The van der Waals surface area contributed by atoms with Crippen LogP contribution >= 0.6 is 0 Å². The maximum absolute atomic E-state index is 8.94. The van der Waals surface area contributed by atoms with Crippen LogP contribution in [0.3, 0.4) is 0 Å². The number of nitrogens with one attached hydrogen (secondary N) is 2. The summed E-state index contributed by atoms with van der Waals surface area (Å²) in [6.07, 6.45) is 1.64. The maximum atomic E-state index is 8.94. The average Bonchev–Trinajstić information content (AvgIpc) is 3.27. The minimum absolute atomic E-state index is 0.466. The van der Waals surface area contributed by atoms with Gasteiger partial charge in [-0.2, -0.15) is 10.2 Å². The summed E-state index contributed by atoms with van der Waals surface area (Å²) in [4.78, 5) is 9.19. The zero-order chi connectivity index (χ0) is 19.2. The standard InChI is InChI=1S/C22H17N5O/c23-14-16-8-10-18(11-9-16)25-22-26-20(17-5-2-1-3-6-17)13-21(27-22)24-15-19-7-4-12-28-19/h1-13H,15H2,(H2,24,25,26,27). The van der Waals surface area contributed by atoms with Crippen LogP contribution in [-0.2, 0) is 6.54 Å². The number of aromatic nitrogens is 2. The molecule has 0 aliphatic rings. The Hall–Kier alpha value is -4.11. The van der Waals surface area contributed by atoms with Gasteiger partial charge in [-0.1, -0.05) is 30.3 Å². The molecule has 0 bridgehead atoms. The third kappa shape index (κ3) is 4.17. The Bertz CT molecular complexity index is 1080. The van der Waals surface area contributed by atoms with Gasteiger partial charge in [0.2, 0.25) is 5.95 Å². The monoisotopic (exact) mass is 367 g/mol. The topological polar surface area (TPSA) is 86.8 Å². The summed E-state index contributed by atoms with van der Waals surface area (Å²) in [5.74, 6) is 1.97. The molecule has 0 amide bonds. The van der Waals surface area contributed by atoms with Crippen LogP contribution in [0.25, 0.3) is 11.3 Å². The van der Waals surface area contributed by atoms with E-state index >= 15 is 0 Å². The van der Waals surface area contributed by atoms with Crippen LogP contribution in [0, 0.1) is 11.3 Å². The van der Waals surface area contributed by atoms with Crippen molar-refractivity contribution in [3.8, 4) is 17.3 Å². The van der Waals surface area contributed by atoms with Crippen LogP contribution in [-0.4, -0.2) is 9.97 Å². The lowest BCUT2D eigenvalue weighted by atomic mass is 10.1. The summed E-state index contributed by atoms with van der Waals surface area (Å²) in [6.45, 7) is 0.522. The molecule has 0 atom stereocenters. The lowest BCUT2D eigenvalue weighted by molar-refractivity contribution is 0.518. The highest BCUT2D eigenvalue weighted by Crippen LogP contribution is 2.23. The lowest BCUT2D eigenvalue weighted by Gasteiger charge is -2.11. The molecule has 6 heteroatoms.